The molecule has 0 saturated carbocycles. The van der Waals surface area contributed by atoms with Crippen molar-refractivity contribution >= 4 is 28.4 Å². The average molecular weight is 456 g/mol. The number of anilines is 1. The minimum absolute atomic E-state index is 0.180. The Morgan fingerprint density at radius 3 is 2.68 bits per heavy atom. The van der Waals surface area contributed by atoms with Gasteiger partial charge >= 0.3 is 0 Å². The number of nitrogens with one attached hydrogen (secondary N) is 2. The molecule has 34 heavy (non-hydrogen) atoms. The number of rotatable bonds is 6. The lowest BCUT2D eigenvalue weighted by atomic mass is 10.1. The van der Waals surface area contributed by atoms with Gasteiger partial charge in [-0.2, -0.15) is 0 Å². The smallest absolute Gasteiger partial charge is 0.261 e. The first-order valence-electron chi connectivity index (χ1n) is 10.6. The van der Waals surface area contributed by atoms with E-state index in [-0.39, 0.29) is 31.3 Å². The zero-order valence-electron chi connectivity index (χ0n) is 18.0. The summed E-state index contributed by atoms with van der Waals surface area (Å²) >= 11 is 0. The highest BCUT2D eigenvalue weighted by Crippen LogP contribution is 2.32. The fourth-order valence-electron chi connectivity index (χ4n) is 3.68. The topological polar surface area (TPSA) is 112 Å². The van der Waals surface area contributed by atoms with E-state index in [2.05, 4.69) is 15.6 Å². The number of benzene rings is 3. The van der Waals surface area contributed by atoms with Crippen LogP contribution in [0.2, 0.25) is 0 Å². The first-order chi connectivity index (χ1) is 16.6. The van der Waals surface area contributed by atoms with Crippen LogP contribution in [0.25, 0.3) is 10.9 Å². The highest BCUT2D eigenvalue weighted by Gasteiger charge is 2.16. The van der Waals surface area contributed by atoms with Crippen LogP contribution in [0, 0.1) is 0 Å². The van der Waals surface area contributed by atoms with Gasteiger partial charge in [0, 0.05) is 6.54 Å². The summed E-state index contributed by atoms with van der Waals surface area (Å²) in [4.78, 5) is 42.4. The second-order valence-electron chi connectivity index (χ2n) is 7.66. The summed E-state index contributed by atoms with van der Waals surface area (Å²) in [6.45, 7) is 0.222. The minimum atomic E-state index is -0.449. The van der Waals surface area contributed by atoms with E-state index < -0.39 is 5.91 Å². The van der Waals surface area contributed by atoms with Gasteiger partial charge in [0.05, 0.1) is 28.5 Å². The molecular formula is C25H20N4O5. The first kappa shape index (κ1) is 21.2. The Labute approximate surface area is 194 Å². The SMILES string of the molecule is O=C(Cn1cnc2ccccc2c1=O)Nc1ccccc1C(=O)NCc1ccc2c(c1)OCO2. The van der Waals surface area contributed by atoms with E-state index in [1.165, 1.54) is 10.9 Å². The molecule has 170 valence electrons. The van der Waals surface area contributed by atoms with Gasteiger partial charge in [-0.1, -0.05) is 30.3 Å². The van der Waals surface area contributed by atoms with Crippen molar-refractivity contribution in [1.82, 2.24) is 14.9 Å². The molecule has 0 spiro atoms. The maximum atomic E-state index is 12.8. The largest absolute Gasteiger partial charge is 0.454 e. The van der Waals surface area contributed by atoms with Crippen molar-refractivity contribution in [2.75, 3.05) is 12.1 Å². The lowest BCUT2D eigenvalue weighted by Crippen LogP contribution is -2.29. The molecule has 2 heterocycles. The van der Waals surface area contributed by atoms with E-state index in [1.54, 1.807) is 54.6 Å². The summed E-state index contributed by atoms with van der Waals surface area (Å²) in [5, 5.41) is 6.00. The Morgan fingerprint density at radius 2 is 1.76 bits per heavy atom. The molecule has 9 nitrogen and oxygen atoms in total. The van der Waals surface area contributed by atoms with Crippen molar-refractivity contribution in [1.29, 1.82) is 0 Å². The van der Waals surface area contributed by atoms with Crippen molar-refractivity contribution in [2.45, 2.75) is 13.1 Å². The Balaban J connectivity index is 1.27. The molecule has 3 aromatic carbocycles. The minimum Gasteiger partial charge on any atom is -0.454 e. The average Bonchev–Trinajstić information content (AvgIpc) is 3.33. The van der Waals surface area contributed by atoms with Crippen LogP contribution < -0.4 is 25.7 Å². The molecule has 2 N–H and O–H groups in total. The van der Waals surface area contributed by atoms with Gasteiger partial charge in [-0.3, -0.25) is 19.0 Å². The van der Waals surface area contributed by atoms with Gasteiger partial charge in [0.2, 0.25) is 12.7 Å². The third-order valence-corrected chi connectivity index (χ3v) is 5.38. The summed E-state index contributed by atoms with van der Waals surface area (Å²) in [5.74, 6) is 0.509. The Hall–Kier alpha value is -4.66. The van der Waals surface area contributed by atoms with Gasteiger partial charge < -0.3 is 20.1 Å². The molecular weight excluding hydrogens is 436 g/mol. The van der Waals surface area contributed by atoms with Crippen molar-refractivity contribution in [3.8, 4) is 11.5 Å². The van der Waals surface area contributed by atoms with E-state index in [0.717, 1.165) is 5.56 Å². The van der Waals surface area contributed by atoms with E-state index in [4.69, 9.17) is 9.47 Å². The summed E-state index contributed by atoms with van der Waals surface area (Å²) < 4.78 is 11.9. The molecule has 5 rings (SSSR count). The van der Waals surface area contributed by atoms with Gasteiger partial charge in [-0.25, -0.2) is 4.98 Å². The van der Waals surface area contributed by atoms with E-state index in [0.29, 0.717) is 33.7 Å². The van der Waals surface area contributed by atoms with Crippen LogP contribution in [-0.2, 0) is 17.9 Å². The van der Waals surface area contributed by atoms with Gasteiger partial charge in [-0.15, -0.1) is 0 Å². The normalized spacial score (nSPS) is 11.9. The van der Waals surface area contributed by atoms with E-state index in [9.17, 15) is 14.4 Å². The third kappa shape index (κ3) is 4.31. The van der Waals surface area contributed by atoms with Gasteiger partial charge in [0.1, 0.15) is 6.54 Å². The summed E-state index contributed by atoms with van der Waals surface area (Å²) in [5.41, 5.74) is 1.75. The molecule has 0 radical (unpaired) electrons. The number of aromatic nitrogens is 2. The number of hydrogen-bond acceptors (Lipinski definition) is 6. The molecule has 0 saturated heterocycles. The van der Waals surface area contributed by atoms with Gasteiger partial charge in [0.15, 0.2) is 11.5 Å². The summed E-state index contributed by atoms with van der Waals surface area (Å²) in [6.07, 6.45) is 1.34. The van der Waals surface area contributed by atoms with Crippen molar-refractivity contribution in [2.24, 2.45) is 0 Å². The zero-order chi connectivity index (χ0) is 23.5. The van der Waals surface area contributed by atoms with Crippen LogP contribution in [-0.4, -0.2) is 28.2 Å². The molecule has 0 atom stereocenters. The molecule has 9 heteroatoms. The Morgan fingerprint density at radius 1 is 0.971 bits per heavy atom. The fourth-order valence-corrected chi connectivity index (χ4v) is 3.68. The second kappa shape index (κ2) is 9.07. The lowest BCUT2D eigenvalue weighted by Gasteiger charge is -2.12. The molecule has 1 aliphatic heterocycles. The number of carbonyl (C=O) groups is 2. The first-order valence-corrected chi connectivity index (χ1v) is 10.6. The molecule has 0 bridgehead atoms. The molecule has 0 aliphatic carbocycles. The van der Waals surface area contributed by atoms with Gasteiger partial charge in [0.25, 0.3) is 11.5 Å². The van der Waals surface area contributed by atoms with Crippen LogP contribution >= 0.6 is 0 Å². The number of carbonyl (C=O) groups excluding carboxylic acids is 2. The third-order valence-electron chi connectivity index (χ3n) is 5.38. The summed E-state index contributed by atoms with van der Waals surface area (Å²) in [6, 6.07) is 19.1. The van der Waals surface area contributed by atoms with Crippen molar-refractivity contribution < 1.29 is 19.1 Å². The monoisotopic (exact) mass is 456 g/mol. The molecule has 1 aliphatic rings. The van der Waals surface area contributed by atoms with Crippen LogP contribution in [0.3, 0.4) is 0 Å². The quantitative estimate of drug-likeness (QED) is 0.462. The Bertz CT molecular complexity index is 1460. The van der Waals surface area contributed by atoms with Crippen LogP contribution in [0.15, 0.2) is 77.9 Å². The highest BCUT2D eigenvalue weighted by atomic mass is 16.7. The maximum Gasteiger partial charge on any atom is 0.261 e. The van der Waals surface area contributed by atoms with Crippen LogP contribution in [0.1, 0.15) is 15.9 Å². The lowest BCUT2D eigenvalue weighted by molar-refractivity contribution is -0.116. The number of ether oxygens (including phenoxy) is 2. The standard InChI is InChI=1S/C25H20N4O5/c30-23(13-29-14-27-19-7-3-2-6-18(19)25(29)32)28-20-8-4-1-5-17(20)24(31)26-12-16-9-10-21-22(11-16)34-15-33-21/h1-11,14H,12-13,15H2,(H,26,31)(H,28,30). The molecule has 1 aromatic heterocycles. The van der Waals surface area contributed by atoms with Gasteiger partial charge in [-0.05, 0) is 42.0 Å². The van der Waals surface area contributed by atoms with Crippen LogP contribution in [0.5, 0.6) is 11.5 Å². The highest BCUT2D eigenvalue weighted by molar-refractivity contribution is 6.03. The number of para-hydroxylation sites is 2. The van der Waals surface area contributed by atoms with E-state index in [1.807, 2.05) is 12.1 Å². The predicted octanol–water partition coefficient (Wildman–Crippen LogP) is 2.69. The second-order valence-corrected chi connectivity index (χ2v) is 7.66. The molecule has 4 aromatic rings. The van der Waals surface area contributed by atoms with E-state index >= 15 is 0 Å². The molecule has 0 fully saturated rings. The number of fused-ring (bicyclic) bond motifs is 2. The number of hydrogen-bond donors (Lipinski definition) is 2. The summed E-state index contributed by atoms with van der Waals surface area (Å²) in [7, 11) is 0. The number of amides is 2. The van der Waals surface area contributed by atoms with Crippen molar-refractivity contribution in [3.63, 3.8) is 0 Å². The zero-order valence-corrected chi connectivity index (χ0v) is 18.0. The fraction of sp³-hybridized carbons (Fsp3) is 0.120. The predicted molar refractivity (Wildman–Crippen MR) is 125 cm³/mol. The number of nitrogens with zero attached hydrogens (tertiary/aromatic N) is 2. The van der Waals surface area contributed by atoms with Crippen LogP contribution in [0.4, 0.5) is 5.69 Å². The maximum absolute atomic E-state index is 12.8. The van der Waals surface area contributed by atoms with Crippen molar-refractivity contribution in [3.05, 3.63) is 94.5 Å². The molecule has 2 amide bonds. The molecule has 0 unspecified atom stereocenters. The Kier molecular flexibility index (Phi) is 5.65.